The van der Waals surface area contributed by atoms with Crippen LogP contribution in [-0.4, -0.2) is 6.54 Å². The number of benzene rings is 1. The van der Waals surface area contributed by atoms with Gasteiger partial charge in [0, 0.05) is 12.2 Å². The van der Waals surface area contributed by atoms with E-state index in [1.54, 1.807) is 0 Å². The van der Waals surface area contributed by atoms with Crippen molar-refractivity contribution in [1.29, 1.82) is 0 Å². The molecule has 84 valence electrons. The average Bonchev–Trinajstić information content (AvgIpc) is 2.27. The van der Waals surface area contributed by atoms with Crippen molar-refractivity contribution < 1.29 is 0 Å². The van der Waals surface area contributed by atoms with E-state index in [4.69, 9.17) is 0 Å². The highest BCUT2D eigenvalue weighted by molar-refractivity contribution is 5.50. The van der Waals surface area contributed by atoms with Crippen LogP contribution in [0.15, 0.2) is 24.3 Å². The molecule has 0 saturated carbocycles. The summed E-state index contributed by atoms with van der Waals surface area (Å²) in [6.45, 7) is 5.41. The summed E-state index contributed by atoms with van der Waals surface area (Å²) in [5.74, 6) is 0. The molecule has 0 bridgehead atoms. The number of unbranched alkanes of at least 4 members (excludes halogenated alkanes) is 3. The number of nitrogens with one attached hydrogen (secondary N) is 1. The van der Waals surface area contributed by atoms with Crippen LogP contribution < -0.4 is 5.32 Å². The predicted octanol–water partition coefficient (Wildman–Crippen LogP) is 4.24. The molecule has 0 heterocycles. The highest BCUT2D eigenvalue weighted by atomic mass is 14.9. The quantitative estimate of drug-likeness (QED) is 0.656. The largest absolute Gasteiger partial charge is 0.385 e. The van der Waals surface area contributed by atoms with Gasteiger partial charge in [-0.1, -0.05) is 44.4 Å². The first-order valence-electron chi connectivity index (χ1n) is 6.20. The van der Waals surface area contributed by atoms with Gasteiger partial charge in [-0.2, -0.15) is 0 Å². The number of hydrogen-bond acceptors (Lipinski definition) is 1. The van der Waals surface area contributed by atoms with E-state index in [9.17, 15) is 0 Å². The summed E-state index contributed by atoms with van der Waals surface area (Å²) in [4.78, 5) is 0. The summed E-state index contributed by atoms with van der Waals surface area (Å²) in [5, 5.41) is 3.42. The summed E-state index contributed by atoms with van der Waals surface area (Å²) in [5.41, 5.74) is 2.78. The van der Waals surface area contributed by atoms with Crippen LogP contribution in [0.5, 0.6) is 0 Å². The Balaban J connectivity index is 2.44. The van der Waals surface area contributed by atoms with E-state index in [0.29, 0.717) is 0 Å². The lowest BCUT2D eigenvalue weighted by Gasteiger charge is -2.10. The Morgan fingerprint density at radius 3 is 2.53 bits per heavy atom. The molecule has 0 unspecified atom stereocenters. The van der Waals surface area contributed by atoms with Crippen molar-refractivity contribution >= 4 is 5.69 Å². The summed E-state index contributed by atoms with van der Waals surface area (Å²) < 4.78 is 0. The predicted molar refractivity (Wildman–Crippen MR) is 68.5 cm³/mol. The van der Waals surface area contributed by atoms with Gasteiger partial charge in [-0.15, -0.1) is 0 Å². The molecule has 0 aromatic heterocycles. The fourth-order valence-corrected chi connectivity index (χ4v) is 1.84. The molecular formula is C14H23N. The Morgan fingerprint density at radius 2 is 1.80 bits per heavy atom. The van der Waals surface area contributed by atoms with Crippen LogP contribution >= 0.6 is 0 Å². The van der Waals surface area contributed by atoms with Gasteiger partial charge in [-0.25, -0.2) is 0 Å². The average molecular weight is 205 g/mol. The van der Waals surface area contributed by atoms with Crippen molar-refractivity contribution in [1.82, 2.24) is 0 Å². The Labute approximate surface area is 93.9 Å². The van der Waals surface area contributed by atoms with Gasteiger partial charge in [0.15, 0.2) is 0 Å². The molecule has 0 atom stereocenters. The highest BCUT2D eigenvalue weighted by Gasteiger charge is 1.99. The van der Waals surface area contributed by atoms with Crippen molar-refractivity contribution in [3.8, 4) is 0 Å². The van der Waals surface area contributed by atoms with E-state index in [2.05, 4.69) is 43.4 Å². The van der Waals surface area contributed by atoms with Gasteiger partial charge >= 0.3 is 0 Å². The number of anilines is 1. The van der Waals surface area contributed by atoms with Crippen LogP contribution in [0, 0.1) is 0 Å². The molecule has 1 rings (SSSR count). The molecule has 1 aromatic carbocycles. The summed E-state index contributed by atoms with van der Waals surface area (Å²) in [7, 11) is 0. The molecule has 0 aliphatic rings. The third-order valence-corrected chi connectivity index (χ3v) is 2.68. The van der Waals surface area contributed by atoms with Gasteiger partial charge in [0.2, 0.25) is 0 Å². The number of hydrogen-bond donors (Lipinski definition) is 1. The number of para-hydroxylation sites is 1. The second-order valence-electron chi connectivity index (χ2n) is 4.00. The second-order valence-corrected chi connectivity index (χ2v) is 4.00. The van der Waals surface area contributed by atoms with Gasteiger partial charge < -0.3 is 5.32 Å². The zero-order valence-corrected chi connectivity index (χ0v) is 10.1. The van der Waals surface area contributed by atoms with Crippen molar-refractivity contribution in [3.05, 3.63) is 29.8 Å². The first-order chi connectivity index (χ1) is 7.38. The van der Waals surface area contributed by atoms with Gasteiger partial charge in [-0.3, -0.25) is 0 Å². The standard InChI is InChI=1S/C14H23N/c1-3-5-6-7-10-13-11-8-9-12-14(13)15-4-2/h8-9,11-12,15H,3-7,10H2,1-2H3. The van der Waals surface area contributed by atoms with Crippen molar-refractivity contribution in [2.45, 2.75) is 46.0 Å². The molecule has 0 aliphatic heterocycles. The van der Waals surface area contributed by atoms with E-state index in [1.807, 2.05) is 0 Å². The Hall–Kier alpha value is -0.980. The van der Waals surface area contributed by atoms with Crippen LogP contribution in [0.1, 0.15) is 45.1 Å². The van der Waals surface area contributed by atoms with Crippen LogP contribution in [0.2, 0.25) is 0 Å². The Bertz CT molecular complexity index is 268. The molecule has 0 amide bonds. The van der Waals surface area contributed by atoms with Crippen molar-refractivity contribution in [3.63, 3.8) is 0 Å². The lowest BCUT2D eigenvalue weighted by molar-refractivity contribution is 0.667. The minimum absolute atomic E-state index is 1.01. The third-order valence-electron chi connectivity index (χ3n) is 2.68. The fourth-order valence-electron chi connectivity index (χ4n) is 1.84. The molecule has 1 N–H and O–H groups in total. The Morgan fingerprint density at radius 1 is 1.00 bits per heavy atom. The van der Waals surface area contributed by atoms with Crippen LogP contribution in [0.4, 0.5) is 5.69 Å². The molecule has 0 radical (unpaired) electrons. The lowest BCUT2D eigenvalue weighted by Crippen LogP contribution is -2.00. The molecule has 15 heavy (non-hydrogen) atoms. The van der Waals surface area contributed by atoms with Crippen molar-refractivity contribution in [2.75, 3.05) is 11.9 Å². The zero-order valence-electron chi connectivity index (χ0n) is 10.1. The topological polar surface area (TPSA) is 12.0 Å². The van der Waals surface area contributed by atoms with Crippen molar-refractivity contribution in [2.24, 2.45) is 0 Å². The van der Waals surface area contributed by atoms with E-state index in [-0.39, 0.29) is 0 Å². The molecule has 1 nitrogen and oxygen atoms in total. The Kier molecular flexibility index (Phi) is 5.91. The highest BCUT2D eigenvalue weighted by Crippen LogP contribution is 2.17. The fraction of sp³-hybridized carbons (Fsp3) is 0.571. The van der Waals surface area contributed by atoms with E-state index in [1.165, 1.54) is 43.4 Å². The third kappa shape index (κ3) is 4.37. The molecule has 1 heteroatoms. The summed E-state index contributed by atoms with van der Waals surface area (Å²) >= 11 is 0. The molecule has 0 aliphatic carbocycles. The van der Waals surface area contributed by atoms with Gasteiger partial charge in [0.1, 0.15) is 0 Å². The van der Waals surface area contributed by atoms with Gasteiger partial charge in [0.25, 0.3) is 0 Å². The van der Waals surface area contributed by atoms with Gasteiger partial charge in [-0.05, 0) is 31.4 Å². The maximum absolute atomic E-state index is 3.42. The second kappa shape index (κ2) is 7.33. The summed E-state index contributed by atoms with van der Waals surface area (Å²) in [6, 6.07) is 8.66. The normalized spacial score (nSPS) is 10.3. The molecule has 0 saturated heterocycles. The van der Waals surface area contributed by atoms with Crippen LogP contribution in [0.3, 0.4) is 0 Å². The maximum atomic E-state index is 3.42. The van der Waals surface area contributed by atoms with Crippen LogP contribution in [-0.2, 0) is 6.42 Å². The molecular weight excluding hydrogens is 182 g/mol. The monoisotopic (exact) mass is 205 g/mol. The van der Waals surface area contributed by atoms with Gasteiger partial charge in [0.05, 0.1) is 0 Å². The SMILES string of the molecule is CCCCCCc1ccccc1NCC. The minimum atomic E-state index is 1.01. The van der Waals surface area contributed by atoms with E-state index in [0.717, 1.165) is 6.54 Å². The summed E-state index contributed by atoms with van der Waals surface area (Å²) in [6.07, 6.45) is 6.56. The van der Waals surface area contributed by atoms with E-state index < -0.39 is 0 Å². The molecule has 0 fully saturated rings. The smallest absolute Gasteiger partial charge is 0.0372 e. The molecule has 1 aromatic rings. The lowest BCUT2D eigenvalue weighted by atomic mass is 10.0. The first-order valence-corrected chi connectivity index (χ1v) is 6.20. The zero-order chi connectivity index (χ0) is 10.9. The number of rotatable bonds is 7. The number of aryl methyl sites for hydroxylation is 1. The first kappa shape index (κ1) is 12.1. The minimum Gasteiger partial charge on any atom is -0.385 e. The van der Waals surface area contributed by atoms with Crippen LogP contribution in [0.25, 0.3) is 0 Å². The van der Waals surface area contributed by atoms with E-state index >= 15 is 0 Å². The molecule has 0 spiro atoms. The maximum Gasteiger partial charge on any atom is 0.0372 e.